The summed E-state index contributed by atoms with van der Waals surface area (Å²) >= 11 is 6.27. The highest BCUT2D eigenvalue weighted by molar-refractivity contribution is 9.10. The lowest BCUT2D eigenvalue weighted by Gasteiger charge is -2.24. The molecule has 1 aromatic carbocycles. The van der Waals surface area contributed by atoms with Crippen LogP contribution in [0.4, 0.5) is 13.2 Å². The number of carbonyl (C=O) groups excluding carboxylic acids is 1. The van der Waals surface area contributed by atoms with E-state index in [1.807, 2.05) is 0 Å². The summed E-state index contributed by atoms with van der Waals surface area (Å²) in [6.07, 6.45) is -4.41. The fourth-order valence-corrected chi connectivity index (χ4v) is 2.35. The van der Waals surface area contributed by atoms with Crippen molar-refractivity contribution in [1.82, 2.24) is 4.90 Å². The summed E-state index contributed by atoms with van der Waals surface area (Å²) in [7, 11) is 0. The molecule has 19 heavy (non-hydrogen) atoms. The van der Waals surface area contributed by atoms with Gasteiger partial charge in [0.1, 0.15) is 6.54 Å². The fourth-order valence-electron chi connectivity index (χ4n) is 1.57. The quantitative estimate of drug-likeness (QED) is 0.692. The summed E-state index contributed by atoms with van der Waals surface area (Å²) in [5.74, 6) is -0.615. The Morgan fingerprint density at radius 2 is 2.00 bits per heavy atom. The molecule has 0 aliphatic carbocycles. The first kappa shape index (κ1) is 16.5. The molecule has 0 bridgehead atoms. The number of carbonyl (C=O) groups is 1. The van der Waals surface area contributed by atoms with E-state index >= 15 is 0 Å². The van der Waals surface area contributed by atoms with Crippen LogP contribution in [0, 0.1) is 6.92 Å². The van der Waals surface area contributed by atoms with Gasteiger partial charge < -0.3 is 4.90 Å². The standard InChI is InChI=1S/C12H12Br2F3NO/c1-8-2-3-9(14)6-10(8)11(19)18(5-4-13)7-12(15,16)17/h2-3,6H,4-5,7H2,1H3. The van der Waals surface area contributed by atoms with E-state index < -0.39 is 18.6 Å². The predicted molar refractivity (Wildman–Crippen MR) is 74.6 cm³/mol. The van der Waals surface area contributed by atoms with Crippen molar-refractivity contribution in [2.24, 2.45) is 0 Å². The predicted octanol–water partition coefficient (Wildman–Crippen LogP) is 4.16. The molecule has 7 heteroatoms. The summed E-state index contributed by atoms with van der Waals surface area (Å²) in [5.41, 5.74) is 0.925. The molecule has 1 aromatic rings. The SMILES string of the molecule is Cc1ccc(Br)cc1C(=O)N(CCBr)CC(F)(F)F. The molecule has 106 valence electrons. The Morgan fingerprint density at radius 1 is 1.37 bits per heavy atom. The Labute approximate surface area is 126 Å². The van der Waals surface area contributed by atoms with Crippen LogP contribution in [-0.4, -0.2) is 35.4 Å². The number of nitrogens with zero attached hydrogens (tertiary/aromatic N) is 1. The second-order valence-electron chi connectivity index (χ2n) is 3.99. The van der Waals surface area contributed by atoms with Crippen LogP contribution in [0.25, 0.3) is 0 Å². The van der Waals surface area contributed by atoms with Gasteiger partial charge in [0.2, 0.25) is 0 Å². The van der Waals surface area contributed by atoms with Crippen molar-refractivity contribution in [3.05, 3.63) is 33.8 Å². The third-order valence-electron chi connectivity index (χ3n) is 2.44. The van der Waals surface area contributed by atoms with Crippen LogP contribution < -0.4 is 0 Å². The molecule has 1 amide bonds. The second-order valence-corrected chi connectivity index (χ2v) is 5.70. The minimum atomic E-state index is -4.41. The summed E-state index contributed by atoms with van der Waals surface area (Å²) in [5, 5.41) is 0.294. The molecule has 0 saturated carbocycles. The lowest BCUT2D eigenvalue weighted by Crippen LogP contribution is -2.40. The molecule has 0 unspecified atom stereocenters. The van der Waals surface area contributed by atoms with Crippen molar-refractivity contribution in [3.63, 3.8) is 0 Å². The van der Waals surface area contributed by atoms with Crippen molar-refractivity contribution >= 4 is 37.8 Å². The van der Waals surface area contributed by atoms with Crippen LogP contribution in [0.2, 0.25) is 0 Å². The average molecular weight is 403 g/mol. The van der Waals surface area contributed by atoms with Crippen molar-refractivity contribution < 1.29 is 18.0 Å². The molecule has 0 spiro atoms. The van der Waals surface area contributed by atoms with E-state index in [9.17, 15) is 18.0 Å². The first-order valence-corrected chi connectivity index (χ1v) is 7.34. The highest BCUT2D eigenvalue weighted by Gasteiger charge is 2.33. The molecule has 0 saturated heterocycles. The molecule has 0 aliphatic rings. The number of hydrogen-bond donors (Lipinski definition) is 0. The van der Waals surface area contributed by atoms with Gasteiger partial charge in [0.05, 0.1) is 0 Å². The topological polar surface area (TPSA) is 20.3 Å². The smallest absolute Gasteiger partial charge is 0.329 e. The number of amides is 1. The van der Waals surface area contributed by atoms with Gasteiger partial charge in [-0.1, -0.05) is 37.9 Å². The largest absolute Gasteiger partial charge is 0.406 e. The highest BCUT2D eigenvalue weighted by atomic mass is 79.9. The van der Waals surface area contributed by atoms with Crippen LogP contribution >= 0.6 is 31.9 Å². The number of halogens is 5. The molecule has 0 N–H and O–H groups in total. The molecular weight excluding hydrogens is 391 g/mol. The number of aryl methyl sites for hydroxylation is 1. The molecule has 0 atom stereocenters. The van der Waals surface area contributed by atoms with Gasteiger partial charge in [-0.15, -0.1) is 0 Å². The van der Waals surface area contributed by atoms with Gasteiger partial charge in [-0.05, 0) is 24.6 Å². The van der Waals surface area contributed by atoms with Gasteiger partial charge in [-0.2, -0.15) is 13.2 Å². The van der Waals surface area contributed by atoms with E-state index in [2.05, 4.69) is 31.9 Å². The Morgan fingerprint density at radius 3 is 2.53 bits per heavy atom. The van der Waals surface area contributed by atoms with Crippen molar-refractivity contribution in [1.29, 1.82) is 0 Å². The zero-order chi connectivity index (χ0) is 14.6. The molecular formula is C12H12Br2F3NO. The summed E-state index contributed by atoms with van der Waals surface area (Å²) in [6, 6.07) is 4.97. The molecule has 0 heterocycles. The van der Waals surface area contributed by atoms with Crippen LogP contribution in [0.1, 0.15) is 15.9 Å². The van der Waals surface area contributed by atoms with E-state index in [-0.39, 0.29) is 12.1 Å². The normalized spacial score (nSPS) is 11.5. The summed E-state index contributed by atoms with van der Waals surface area (Å²) in [6.45, 7) is 0.452. The molecule has 0 aromatic heterocycles. The number of hydrogen-bond acceptors (Lipinski definition) is 1. The lowest BCUT2D eigenvalue weighted by atomic mass is 10.1. The van der Waals surface area contributed by atoms with E-state index in [1.165, 1.54) is 6.07 Å². The van der Waals surface area contributed by atoms with Crippen LogP contribution in [0.5, 0.6) is 0 Å². The van der Waals surface area contributed by atoms with Crippen LogP contribution in [0.15, 0.2) is 22.7 Å². The first-order chi connectivity index (χ1) is 8.74. The minimum absolute atomic E-state index is 0.00426. The zero-order valence-electron chi connectivity index (χ0n) is 10.1. The summed E-state index contributed by atoms with van der Waals surface area (Å²) < 4.78 is 38.1. The number of rotatable bonds is 4. The number of alkyl halides is 4. The van der Waals surface area contributed by atoms with E-state index in [0.29, 0.717) is 15.4 Å². The first-order valence-electron chi connectivity index (χ1n) is 5.42. The van der Waals surface area contributed by atoms with E-state index in [1.54, 1.807) is 19.1 Å². The van der Waals surface area contributed by atoms with Gasteiger partial charge in [0.15, 0.2) is 0 Å². The Hall–Kier alpha value is -0.560. The Bertz CT molecular complexity index is 463. The number of benzene rings is 1. The molecule has 0 radical (unpaired) electrons. The van der Waals surface area contributed by atoms with Gasteiger partial charge in [0, 0.05) is 21.9 Å². The molecule has 0 fully saturated rings. The third-order valence-corrected chi connectivity index (χ3v) is 3.29. The second kappa shape index (κ2) is 6.74. The highest BCUT2D eigenvalue weighted by Crippen LogP contribution is 2.21. The van der Waals surface area contributed by atoms with Crippen LogP contribution in [0.3, 0.4) is 0 Å². The lowest BCUT2D eigenvalue weighted by molar-refractivity contribution is -0.140. The average Bonchev–Trinajstić information content (AvgIpc) is 2.29. The van der Waals surface area contributed by atoms with Gasteiger partial charge in [-0.3, -0.25) is 4.79 Å². The third kappa shape index (κ3) is 5.14. The van der Waals surface area contributed by atoms with E-state index in [0.717, 1.165) is 4.90 Å². The van der Waals surface area contributed by atoms with Crippen LogP contribution in [-0.2, 0) is 0 Å². The van der Waals surface area contributed by atoms with Gasteiger partial charge in [0.25, 0.3) is 5.91 Å². The minimum Gasteiger partial charge on any atom is -0.329 e. The maximum Gasteiger partial charge on any atom is 0.406 e. The maximum atomic E-state index is 12.5. The Kier molecular flexibility index (Phi) is 5.85. The Balaban J connectivity index is 3.02. The van der Waals surface area contributed by atoms with Crippen molar-refractivity contribution in [2.75, 3.05) is 18.4 Å². The monoisotopic (exact) mass is 401 g/mol. The fraction of sp³-hybridized carbons (Fsp3) is 0.417. The van der Waals surface area contributed by atoms with Crippen molar-refractivity contribution in [3.8, 4) is 0 Å². The van der Waals surface area contributed by atoms with Gasteiger partial charge in [-0.25, -0.2) is 0 Å². The van der Waals surface area contributed by atoms with E-state index in [4.69, 9.17) is 0 Å². The molecule has 2 nitrogen and oxygen atoms in total. The zero-order valence-corrected chi connectivity index (χ0v) is 13.3. The van der Waals surface area contributed by atoms with Crippen molar-refractivity contribution in [2.45, 2.75) is 13.1 Å². The molecule has 1 rings (SSSR count). The maximum absolute atomic E-state index is 12.5. The van der Waals surface area contributed by atoms with Gasteiger partial charge >= 0.3 is 6.18 Å². The molecule has 0 aliphatic heterocycles. The summed E-state index contributed by atoms with van der Waals surface area (Å²) in [4.78, 5) is 13.0.